The monoisotopic (exact) mass is 245 g/mol. The standard InChI is InChI=1S/C15H16FNO/c1-11-7-8-13(16)9-14(11)17-10-12-5-3-4-6-15(12)18-2/h3-9,17H,10H2,1-2H3. The second-order valence-corrected chi connectivity index (χ2v) is 4.12. The number of rotatable bonds is 4. The minimum Gasteiger partial charge on any atom is -0.496 e. The number of hydrogen-bond donors (Lipinski definition) is 1. The van der Waals surface area contributed by atoms with Crippen molar-refractivity contribution >= 4 is 5.69 Å². The van der Waals surface area contributed by atoms with E-state index in [0.717, 1.165) is 22.6 Å². The zero-order valence-electron chi connectivity index (χ0n) is 10.5. The molecule has 1 N–H and O–H groups in total. The van der Waals surface area contributed by atoms with E-state index in [0.29, 0.717) is 6.54 Å². The largest absolute Gasteiger partial charge is 0.496 e. The zero-order valence-corrected chi connectivity index (χ0v) is 10.5. The summed E-state index contributed by atoms with van der Waals surface area (Å²) in [7, 11) is 1.65. The van der Waals surface area contributed by atoms with Crippen molar-refractivity contribution in [2.75, 3.05) is 12.4 Å². The Kier molecular flexibility index (Phi) is 3.82. The van der Waals surface area contributed by atoms with Gasteiger partial charge in [0, 0.05) is 17.8 Å². The molecule has 94 valence electrons. The molecule has 0 heterocycles. The van der Waals surface area contributed by atoms with Gasteiger partial charge < -0.3 is 10.1 Å². The number of hydrogen-bond acceptors (Lipinski definition) is 2. The molecule has 3 heteroatoms. The highest BCUT2D eigenvalue weighted by Crippen LogP contribution is 2.21. The number of methoxy groups -OCH3 is 1. The third-order valence-corrected chi connectivity index (χ3v) is 2.86. The van der Waals surface area contributed by atoms with E-state index < -0.39 is 0 Å². The molecule has 0 bridgehead atoms. The van der Waals surface area contributed by atoms with Gasteiger partial charge in [-0.1, -0.05) is 24.3 Å². The summed E-state index contributed by atoms with van der Waals surface area (Å²) < 4.78 is 18.4. The second kappa shape index (κ2) is 5.54. The summed E-state index contributed by atoms with van der Waals surface area (Å²) in [5.41, 5.74) is 2.87. The molecule has 0 unspecified atom stereocenters. The smallest absolute Gasteiger partial charge is 0.125 e. The van der Waals surface area contributed by atoms with Crippen LogP contribution in [0.4, 0.5) is 10.1 Å². The zero-order chi connectivity index (χ0) is 13.0. The Morgan fingerprint density at radius 1 is 1.17 bits per heavy atom. The molecule has 2 nitrogen and oxygen atoms in total. The number of para-hydroxylation sites is 1. The number of nitrogens with one attached hydrogen (secondary N) is 1. The van der Waals surface area contributed by atoms with Crippen molar-refractivity contribution in [3.8, 4) is 5.75 Å². The molecule has 0 fully saturated rings. The molecule has 0 amide bonds. The fraction of sp³-hybridized carbons (Fsp3) is 0.200. The highest BCUT2D eigenvalue weighted by Gasteiger charge is 2.03. The average molecular weight is 245 g/mol. The van der Waals surface area contributed by atoms with Gasteiger partial charge in [0.1, 0.15) is 11.6 Å². The Morgan fingerprint density at radius 2 is 1.94 bits per heavy atom. The van der Waals surface area contributed by atoms with Crippen molar-refractivity contribution in [2.45, 2.75) is 13.5 Å². The van der Waals surface area contributed by atoms with Crippen LogP contribution in [0.5, 0.6) is 5.75 Å². The van der Waals surface area contributed by atoms with Gasteiger partial charge in [-0.2, -0.15) is 0 Å². The summed E-state index contributed by atoms with van der Waals surface area (Å²) in [5.74, 6) is 0.599. The molecule has 0 saturated heterocycles. The highest BCUT2D eigenvalue weighted by atomic mass is 19.1. The Hall–Kier alpha value is -2.03. The van der Waals surface area contributed by atoms with Crippen LogP contribution >= 0.6 is 0 Å². The molecule has 0 aliphatic carbocycles. The van der Waals surface area contributed by atoms with Gasteiger partial charge >= 0.3 is 0 Å². The molecule has 0 aliphatic rings. The van der Waals surface area contributed by atoms with Crippen LogP contribution in [0.3, 0.4) is 0 Å². The normalized spacial score (nSPS) is 10.2. The van der Waals surface area contributed by atoms with E-state index >= 15 is 0 Å². The summed E-state index contributed by atoms with van der Waals surface area (Å²) in [4.78, 5) is 0. The molecule has 0 saturated carbocycles. The topological polar surface area (TPSA) is 21.3 Å². The van der Waals surface area contributed by atoms with Gasteiger partial charge in [0.2, 0.25) is 0 Å². The molecule has 2 aromatic carbocycles. The van der Waals surface area contributed by atoms with E-state index in [1.54, 1.807) is 13.2 Å². The van der Waals surface area contributed by atoms with Crippen LogP contribution in [0.25, 0.3) is 0 Å². The van der Waals surface area contributed by atoms with Crippen molar-refractivity contribution in [1.29, 1.82) is 0 Å². The fourth-order valence-electron chi connectivity index (χ4n) is 1.82. The van der Waals surface area contributed by atoms with Gasteiger partial charge in [0.05, 0.1) is 7.11 Å². The molecule has 2 aromatic rings. The molecule has 0 aromatic heterocycles. The van der Waals surface area contributed by atoms with Crippen molar-refractivity contribution in [2.24, 2.45) is 0 Å². The number of anilines is 1. The van der Waals surface area contributed by atoms with Crippen molar-refractivity contribution in [3.63, 3.8) is 0 Å². The summed E-state index contributed by atoms with van der Waals surface area (Å²) in [5, 5.41) is 3.22. The number of ether oxygens (including phenoxy) is 1. The van der Waals surface area contributed by atoms with Gasteiger partial charge in [-0.25, -0.2) is 4.39 Å². The first-order valence-corrected chi connectivity index (χ1v) is 5.82. The van der Waals surface area contributed by atoms with Gasteiger partial charge in [-0.05, 0) is 30.7 Å². The van der Waals surface area contributed by atoms with Crippen LogP contribution < -0.4 is 10.1 Å². The number of halogens is 1. The van der Waals surface area contributed by atoms with Crippen LogP contribution in [0.2, 0.25) is 0 Å². The Balaban J connectivity index is 2.14. The highest BCUT2D eigenvalue weighted by molar-refractivity contribution is 5.51. The van der Waals surface area contributed by atoms with Crippen molar-refractivity contribution in [1.82, 2.24) is 0 Å². The molecule has 2 rings (SSSR count). The lowest BCUT2D eigenvalue weighted by atomic mass is 10.1. The van der Waals surface area contributed by atoms with Gasteiger partial charge in [0.25, 0.3) is 0 Å². The predicted molar refractivity (Wildman–Crippen MR) is 71.5 cm³/mol. The van der Waals surface area contributed by atoms with Gasteiger partial charge in [0.15, 0.2) is 0 Å². The predicted octanol–water partition coefficient (Wildman–Crippen LogP) is 3.75. The summed E-state index contributed by atoms with van der Waals surface area (Å²) in [6.07, 6.45) is 0. The first kappa shape index (κ1) is 12.4. The average Bonchev–Trinajstić information content (AvgIpc) is 2.40. The maximum Gasteiger partial charge on any atom is 0.125 e. The van der Waals surface area contributed by atoms with Gasteiger partial charge in [-0.3, -0.25) is 0 Å². The van der Waals surface area contributed by atoms with E-state index in [9.17, 15) is 4.39 Å². The van der Waals surface area contributed by atoms with Crippen molar-refractivity contribution < 1.29 is 9.13 Å². The van der Waals surface area contributed by atoms with E-state index in [2.05, 4.69) is 5.32 Å². The molecular formula is C15H16FNO. The number of aryl methyl sites for hydroxylation is 1. The summed E-state index contributed by atoms with van der Waals surface area (Å²) in [6.45, 7) is 2.55. The molecule has 0 radical (unpaired) electrons. The van der Waals surface area contributed by atoms with E-state index in [4.69, 9.17) is 4.74 Å². The van der Waals surface area contributed by atoms with E-state index in [-0.39, 0.29) is 5.82 Å². The number of benzene rings is 2. The minimum atomic E-state index is -0.233. The van der Waals surface area contributed by atoms with E-state index in [1.165, 1.54) is 12.1 Å². The fourth-order valence-corrected chi connectivity index (χ4v) is 1.82. The SMILES string of the molecule is COc1ccccc1CNc1cc(F)ccc1C. The van der Waals surface area contributed by atoms with E-state index in [1.807, 2.05) is 31.2 Å². The Labute approximate surface area is 106 Å². The lowest BCUT2D eigenvalue weighted by molar-refractivity contribution is 0.410. The van der Waals surface area contributed by atoms with Crippen LogP contribution in [0, 0.1) is 12.7 Å². The lowest BCUT2D eigenvalue weighted by Crippen LogP contribution is -2.03. The molecule has 0 aliphatic heterocycles. The summed E-state index contributed by atoms with van der Waals surface area (Å²) in [6, 6.07) is 12.5. The van der Waals surface area contributed by atoms with Crippen LogP contribution in [-0.2, 0) is 6.54 Å². The molecule has 0 spiro atoms. The van der Waals surface area contributed by atoms with Crippen LogP contribution in [-0.4, -0.2) is 7.11 Å². The lowest BCUT2D eigenvalue weighted by Gasteiger charge is -2.12. The first-order valence-electron chi connectivity index (χ1n) is 5.82. The molecule has 0 atom stereocenters. The minimum absolute atomic E-state index is 0.233. The second-order valence-electron chi connectivity index (χ2n) is 4.12. The molecular weight excluding hydrogens is 229 g/mol. The maximum atomic E-state index is 13.2. The Morgan fingerprint density at radius 3 is 2.72 bits per heavy atom. The first-order chi connectivity index (χ1) is 8.70. The third kappa shape index (κ3) is 2.80. The van der Waals surface area contributed by atoms with Gasteiger partial charge in [-0.15, -0.1) is 0 Å². The summed E-state index contributed by atoms with van der Waals surface area (Å²) >= 11 is 0. The molecule has 18 heavy (non-hydrogen) atoms. The van der Waals surface area contributed by atoms with Crippen LogP contribution in [0.1, 0.15) is 11.1 Å². The maximum absolute atomic E-state index is 13.2. The third-order valence-electron chi connectivity index (χ3n) is 2.86. The Bertz CT molecular complexity index is 540. The van der Waals surface area contributed by atoms with Crippen molar-refractivity contribution in [3.05, 3.63) is 59.4 Å². The van der Waals surface area contributed by atoms with Crippen LogP contribution in [0.15, 0.2) is 42.5 Å². The quantitative estimate of drug-likeness (QED) is 0.885.